The van der Waals surface area contributed by atoms with Crippen LogP contribution in [0.1, 0.15) is 5.69 Å². The van der Waals surface area contributed by atoms with E-state index >= 15 is 0 Å². The van der Waals surface area contributed by atoms with Gasteiger partial charge in [0.15, 0.2) is 5.15 Å². The maximum Gasteiger partial charge on any atom is 0.707 e. The first-order valence-electron chi connectivity index (χ1n) is 3.25. The highest BCUT2D eigenvalue weighted by atomic mass is 35.5. The van der Waals surface area contributed by atoms with E-state index in [1.54, 1.807) is 13.0 Å². The Balaban J connectivity index is 2.86. The van der Waals surface area contributed by atoms with Gasteiger partial charge >= 0.3 is 7.32 Å². The van der Waals surface area contributed by atoms with Crippen molar-refractivity contribution in [2.24, 2.45) is 0 Å². The van der Waals surface area contributed by atoms with E-state index in [-0.39, 0.29) is 10.9 Å². The zero-order chi connectivity index (χ0) is 9.14. The predicted octanol–water partition coefficient (Wildman–Crippen LogP) is 0.392. The van der Waals surface area contributed by atoms with Gasteiger partial charge in [-0.3, -0.25) is 0 Å². The number of aromatic nitrogens is 1. The number of hydrogen-bond acceptors (Lipinski definition) is 4. The molecule has 0 aromatic carbocycles. The third kappa shape index (κ3) is 2.37. The molecule has 0 aliphatic rings. The molecule has 0 fully saturated rings. The SMILES string of the molecule is Cc1ccc(OB(O)O)c(Cl)n1. The van der Waals surface area contributed by atoms with Gasteiger partial charge < -0.3 is 14.7 Å². The van der Waals surface area contributed by atoms with Crippen LogP contribution in [-0.2, 0) is 0 Å². The van der Waals surface area contributed by atoms with Gasteiger partial charge in [0.05, 0.1) is 0 Å². The molecule has 64 valence electrons. The Morgan fingerprint density at radius 3 is 2.67 bits per heavy atom. The van der Waals surface area contributed by atoms with Crippen molar-refractivity contribution >= 4 is 18.9 Å². The molecule has 1 rings (SSSR count). The van der Waals surface area contributed by atoms with Gasteiger partial charge in [0.1, 0.15) is 5.75 Å². The molecular formula is C6H7BClNO3. The summed E-state index contributed by atoms with van der Waals surface area (Å²) in [6.45, 7) is 1.77. The van der Waals surface area contributed by atoms with Crippen LogP contribution in [0.5, 0.6) is 5.75 Å². The highest BCUT2D eigenvalue weighted by Crippen LogP contribution is 2.21. The van der Waals surface area contributed by atoms with Gasteiger partial charge in [-0.05, 0) is 19.1 Å². The van der Waals surface area contributed by atoms with E-state index in [4.69, 9.17) is 21.6 Å². The van der Waals surface area contributed by atoms with Crippen LogP contribution in [0, 0.1) is 6.92 Å². The third-order valence-corrected chi connectivity index (χ3v) is 1.46. The monoisotopic (exact) mass is 187 g/mol. The molecular weight excluding hydrogens is 180 g/mol. The largest absolute Gasteiger partial charge is 0.707 e. The lowest BCUT2D eigenvalue weighted by atomic mass is 10.2. The normalized spacial score (nSPS) is 9.67. The van der Waals surface area contributed by atoms with Crippen molar-refractivity contribution in [3.63, 3.8) is 0 Å². The molecule has 0 saturated heterocycles. The Kier molecular flexibility index (Phi) is 2.91. The van der Waals surface area contributed by atoms with Crippen LogP contribution < -0.4 is 4.65 Å². The second-order valence-electron chi connectivity index (χ2n) is 2.19. The van der Waals surface area contributed by atoms with Gasteiger partial charge in [0.2, 0.25) is 0 Å². The van der Waals surface area contributed by atoms with E-state index in [2.05, 4.69) is 9.64 Å². The second-order valence-corrected chi connectivity index (χ2v) is 2.54. The lowest BCUT2D eigenvalue weighted by molar-refractivity contribution is 0.287. The quantitative estimate of drug-likeness (QED) is 0.519. The molecule has 12 heavy (non-hydrogen) atoms. The third-order valence-electron chi connectivity index (χ3n) is 1.19. The Morgan fingerprint density at radius 2 is 2.17 bits per heavy atom. The van der Waals surface area contributed by atoms with Gasteiger partial charge in [0, 0.05) is 5.69 Å². The molecule has 0 spiro atoms. The van der Waals surface area contributed by atoms with Crippen molar-refractivity contribution in [1.82, 2.24) is 4.98 Å². The smallest absolute Gasteiger partial charge is 0.509 e. The van der Waals surface area contributed by atoms with Crippen molar-refractivity contribution < 1.29 is 14.7 Å². The van der Waals surface area contributed by atoms with Gasteiger partial charge in [-0.25, -0.2) is 4.98 Å². The van der Waals surface area contributed by atoms with Crippen LogP contribution in [0.15, 0.2) is 12.1 Å². The molecule has 4 nitrogen and oxygen atoms in total. The first-order chi connectivity index (χ1) is 5.59. The van der Waals surface area contributed by atoms with Crippen LogP contribution in [-0.4, -0.2) is 22.4 Å². The fourth-order valence-corrected chi connectivity index (χ4v) is 0.955. The molecule has 0 atom stereocenters. The van der Waals surface area contributed by atoms with Gasteiger partial charge in [-0.2, -0.15) is 0 Å². The lowest BCUT2D eigenvalue weighted by Crippen LogP contribution is -2.20. The standard InChI is InChI=1S/C6H7BClNO3/c1-4-2-3-5(6(8)9-4)12-7(10)11/h2-3,10-11H,1H3. The summed E-state index contributed by atoms with van der Waals surface area (Å²) in [4.78, 5) is 3.84. The maximum atomic E-state index is 8.45. The summed E-state index contributed by atoms with van der Waals surface area (Å²) in [5.41, 5.74) is 0.736. The van der Waals surface area contributed by atoms with Crippen molar-refractivity contribution in [2.45, 2.75) is 6.92 Å². The highest BCUT2D eigenvalue weighted by Gasteiger charge is 2.13. The summed E-state index contributed by atoms with van der Waals surface area (Å²) < 4.78 is 4.52. The molecule has 1 aromatic heterocycles. The molecule has 1 heterocycles. The molecule has 6 heteroatoms. The molecule has 0 unspecified atom stereocenters. The average molecular weight is 187 g/mol. The predicted molar refractivity (Wildman–Crippen MR) is 44.8 cm³/mol. The molecule has 0 radical (unpaired) electrons. The van der Waals surface area contributed by atoms with Gasteiger partial charge in [0.25, 0.3) is 0 Å². The first kappa shape index (κ1) is 9.31. The molecule has 1 aromatic rings. The number of nitrogens with zero attached hydrogens (tertiary/aromatic N) is 1. The van der Waals surface area contributed by atoms with E-state index in [9.17, 15) is 0 Å². The lowest BCUT2D eigenvalue weighted by Gasteiger charge is -2.05. The Morgan fingerprint density at radius 1 is 1.50 bits per heavy atom. The van der Waals surface area contributed by atoms with Crippen LogP contribution in [0.25, 0.3) is 0 Å². The van der Waals surface area contributed by atoms with E-state index < -0.39 is 7.32 Å². The van der Waals surface area contributed by atoms with E-state index in [0.717, 1.165) is 5.69 Å². The highest BCUT2D eigenvalue weighted by molar-refractivity contribution is 6.35. The summed E-state index contributed by atoms with van der Waals surface area (Å²) in [5.74, 6) is 0.150. The Hall–Kier alpha value is -0.775. The van der Waals surface area contributed by atoms with Crippen LogP contribution in [0.2, 0.25) is 5.15 Å². The van der Waals surface area contributed by atoms with Crippen LogP contribution in [0.3, 0.4) is 0 Å². The Labute approximate surface area is 74.9 Å². The van der Waals surface area contributed by atoms with Crippen LogP contribution in [0.4, 0.5) is 0 Å². The van der Waals surface area contributed by atoms with Crippen molar-refractivity contribution in [1.29, 1.82) is 0 Å². The van der Waals surface area contributed by atoms with E-state index in [1.165, 1.54) is 6.07 Å². The number of hydrogen-bond donors (Lipinski definition) is 2. The fourth-order valence-electron chi connectivity index (χ4n) is 0.714. The zero-order valence-corrected chi connectivity index (χ0v) is 7.12. The van der Waals surface area contributed by atoms with E-state index in [0.29, 0.717) is 0 Å². The van der Waals surface area contributed by atoms with Crippen LogP contribution >= 0.6 is 11.6 Å². The topological polar surface area (TPSA) is 62.6 Å². The number of rotatable bonds is 2. The summed E-state index contributed by atoms with van der Waals surface area (Å²) in [6.07, 6.45) is 0. The number of pyridine rings is 1. The molecule has 0 bridgehead atoms. The first-order valence-corrected chi connectivity index (χ1v) is 3.63. The summed E-state index contributed by atoms with van der Waals surface area (Å²) in [7, 11) is -1.87. The van der Waals surface area contributed by atoms with Gasteiger partial charge in [-0.1, -0.05) is 11.6 Å². The molecule has 0 aliphatic heterocycles. The number of aryl methyl sites for hydroxylation is 1. The summed E-state index contributed by atoms with van der Waals surface area (Å²) in [6, 6.07) is 3.17. The summed E-state index contributed by atoms with van der Waals surface area (Å²) >= 11 is 5.62. The Bertz CT molecular complexity index is 281. The fraction of sp³-hybridized carbons (Fsp3) is 0.167. The molecule has 0 saturated carbocycles. The number of halogens is 1. The van der Waals surface area contributed by atoms with E-state index in [1.807, 2.05) is 0 Å². The molecule has 0 aliphatic carbocycles. The minimum atomic E-state index is -1.87. The zero-order valence-electron chi connectivity index (χ0n) is 6.36. The second kappa shape index (κ2) is 3.75. The van der Waals surface area contributed by atoms with Crippen molar-refractivity contribution in [2.75, 3.05) is 0 Å². The van der Waals surface area contributed by atoms with Gasteiger partial charge in [-0.15, -0.1) is 0 Å². The summed E-state index contributed by atoms with van der Waals surface area (Å²) in [5, 5.41) is 17.0. The minimum absolute atomic E-state index is 0.114. The maximum absolute atomic E-state index is 8.45. The van der Waals surface area contributed by atoms with Crippen molar-refractivity contribution in [3.05, 3.63) is 23.0 Å². The molecule has 2 N–H and O–H groups in total. The minimum Gasteiger partial charge on any atom is -0.509 e. The van der Waals surface area contributed by atoms with Crippen molar-refractivity contribution in [3.8, 4) is 5.75 Å². The average Bonchev–Trinajstić information content (AvgIpc) is 1.94. The molecule has 0 amide bonds.